The molecule has 26 heavy (non-hydrogen) atoms. The molecular formula is C19H21N3O3S. The number of rotatable bonds is 7. The van der Waals surface area contributed by atoms with Crippen molar-refractivity contribution in [2.45, 2.75) is 24.7 Å². The van der Waals surface area contributed by atoms with Crippen LogP contribution >= 0.6 is 0 Å². The van der Waals surface area contributed by atoms with Gasteiger partial charge >= 0.3 is 0 Å². The van der Waals surface area contributed by atoms with Crippen molar-refractivity contribution in [3.63, 3.8) is 0 Å². The molecule has 0 atom stereocenters. The van der Waals surface area contributed by atoms with Crippen molar-refractivity contribution in [3.8, 4) is 6.07 Å². The number of nitrogens with zero attached hydrogens (tertiary/aromatic N) is 2. The van der Waals surface area contributed by atoms with Gasteiger partial charge in [-0.3, -0.25) is 4.79 Å². The van der Waals surface area contributed by atoms with Crippen LogP contribution in [0.15, 0.2) is 53.4 Å². The second-order valence-electron chi connectivity index (χ2n) is 5.85. The molecule has 0 saturated heterocycles. The number of hydrogen-bond donors (Lipinski definition) is 1. The smallest absolute Gasteiger partial charge is 0.255 e. The van der Waals surface area contributed by atoms with Gasteiger partial charge in [-0.1, -0.05) is 19.4 Å². The number of benzene rings is 2. The van der Waals surface area contributed by atoms with E-state index in [0.717, 1.165) is 12.8 Å². The highest BCUT2D eigenvalue weighted by atomic mass is 32.2. The summed E-state index contributed by atoms with van der Waals surface area (Å²) >= 11 is 0. The second-order valence-corrected chi connectivity index (χ2v) is 7.90. The van der Waals surface area contributed by atoms with Crippen LogP contribution in [0.3, 0.4) is 0 Å². The molecule has 0 aromatic heterocycles. The lowest BCUT2D eigenvalue weighted by Crippen LogP contribution is -2.28. The zero-order valence-electron chi connectivity index (χ0n) is 14.8. The van der Waals surface area contributed by atoms with Gasteiger partial charge in [-0.2, -0.15) is 5.26 Å². The fourth-order valence-electron chi connectivity index (χ4n) is 2.33. The third-order valence-electron chi connectivity index (χ3n) is 3.90. The lowest BCUT2D eigenvalue weighted by molar-refractivity contribution is 0.102. The van der Waals surface area contributed by atoms with Crippen LogP contribution in [0.2, 0.25) is 0 Å². The molecule has 136 valence electrons. The molecule has 0 aliphatic carbocycles. The van der Waals surface area contributed by atoms with Crippen LogP contribution in [0, 0.1) is 11.3 Å². The molecule has 1 amide bonds. The van der Waals surface area contributed by atoms with Crippen molar-refractivity contribution >= 4 is 21.6 Å². The first kappa shape index (κ1) is 19.6. The third kappa shape index (κ3) is 4.69. The van der Waals surface area contributed by atoms with Gasteiger partial charge in [0.05, 0.1) is 16.5 Å². The van der Waals surface area contributed by atoms with Crippen LogP contribution in [0.25, 0.3) is 0 Å². The molecule has 2 aromatic carbocycles. The molecule has 7 heteroatoms. The van der Waals surface area contributed by atoms with Crippen LogP contribution in [0.4, 0.5) is 5.69 Å². The Hall–Kier alpha value is -2.69. The van der Waals surface area contributed by atoms with E-state index in [2.05, 4.69) is 5.32 Å². The Bertz CT molecular complexity index is 916. The highest BCUT2D eigenvalue weighted by Gasteiger charge is 2.20. The van der Waals surface area contributed by atoms with Gasteiger partial charge in [0.15, 0.2) is 0 Å². The minimum Gasteiger partial charge on any atom is -0.322 e. The summed E-state index contributed by atoms with van der Waals surface area (Å²) in [7, 11) is -2.01. The Labute approximate surface area is 154 Å². The summed E-state index contributed by atoms with van der Waals surface area (Å²) in [6, 6.07) is 14.4. The highest BCUT2D eigenvalue weighted by Crippen LogP contribution is 2.17. The maximum Gasteiger partial charge on any atom is 0.255 e. The average Bonchev–Trinajstić information content (AvgIpc) is 2.66. The largest absolute Gasteiger partial charge is 0.322 e. The molecule has 1 N–H and O–H groups in total. The molecule has 0 aliphatic heterocycles. The summed E-state index contributed by atoms with van der Waals surface area (Å²) in [5.41, 5.74) is 1.28. The Morgan fingerprint density at radius 3 is 2.50 bits per heavy atom. The van der Waals surface area contributed by atoms with Gasteiger partial charge in [-0.05, 0) is 48.9 Å². The molecule has 0 fully saturated rings. The van der Waals surface area contributed by atoms with Crippen molar-refractivity contribution in [3.05, 3.63) is 59.7 Å². The van der Waals surface area contributed by atoms with Gasteiger partial charge in [-0.15, -0.1) is 0 Å². The lowest BCUT2D eigenvalue weighted by Gasteiger charge is -2.17. The number of nitrogens with one attached hydrogen (secondary N) is 1. The van der Waals surface area contributed by atoms with Crippen molar-refractivity contribution in [1.29, 1.82) is 5.26 Å². The van der Waals surface area contributed by atoms with Crippen molar-refractivity contribution in [2.75, 3.05) is 18.9 Å². The number of hydrogen-bond acceptors (Lipinski definition) is 4. The maximum absolute atomic E-state index is 12.5. The highest BCUT2D eigenvalue weighted by molar-refractivity contribution is 7.89. The fourth-order valence-corrected chi connectivity index (χ4v) is 3.54. The quantitative estimate of drug-likeness (QED) is 0.809. The fraction of sp³-hybridized carbons (Fsp3) is 0.263. The summed E-state index contributed by atoms with van der Waals surface area (Å²) in [5.74, 6) is -0.372. The van der Waals surface area contributed by atoms with E-state index in [-0.39, 0.29) is 10.8 Å². The van der Waals surface area contributed by atoms with Crippen LogP contribution < -0.4 is 5.32 Å². The zero-order valence-corrected chi connectivity index (χ0v) is 15.6. The zero-order chi connectivity index (χ0) is 19.2. The topological polar surface area (TPSA) is 90.3 Å². The van der Waals surface area contributed by atoms with E-state index in [9.17, 15) is 13.2 Å². The van der Waals surface area contributed by atoms with Gasteiger partial charge < -0.3 is 5.32 Å². The molecule has 0 aliphatic rings. The normalized spacial score (nSPS) is 11.2. The van der Waals surface area contributed by atoms with Gasteiger partial charge in [0, 0.05) is 24.8 Å². The maximum atomic E-state index is 12.5. The van der Waals surface area contributed by atoms with Gasteiger partial charge in [0.2, 0.25) is 10.0 Å². The summed E-state index contributed by atoms with van der Waals surface area (Å²) in [6.45, 7) is 2.45. The van der Waals surface area contributed by atoms with Crippen LogP contribution in [-0.2, 0) is 10.0 Å². The molecule has 0 heterocycles. The third-order valence-corrected chi connectivity index (χ3v) is 5.77. The molecule has 0 spiro atoms. The Morgan fingerprint density at radius 1 is 1.19 bits per heavy atom. The molecule has 0 saturated carbocycles. The molecule has 0 unspecified atom stereocenters. The standard InChI is InChI=1S/C19H21N3O3S/c1-3-4-12-22(2)26(24,25)18-10-8-16(9-11-18)19(23)21-17-7-5-6-15(13-17)14-20/h5-11,13H,3-4,12H2,1-2H3,(H,21,23). The van der Waals surface area contributed by atoms with E-state index in [1.165, 1.54) is 28.6 Å². The number of sulfonamides is 1. The van der Waals surface area contributed by atoms with Crippen molar-refractivity contribution in [2.24, 2.45) is 0 Å². The molecule has 2 rings (SSSR count). The number of anilines is 1. The predicted octanol–water partition coefficient (Wildman–Crippen LogP) is 3.23. The summed E-state index contributed by atoms with van der Waals surface area (Å²) < 4.78 is 26.3. The molecular weight excluding hydrogens is 350 g/mol. The van der Waals surface area contributed by atoms with E-state index in [0.29, 0.717) is 23.4 Å². The molecule has 6 nitrogen and oxygen atoms in total. The first-order valence-corrected chi connectivity index (χ1v) is 9.70. The van der Waals surface area contributed by atoms with E-state index in [4.69, 9.17) is 5.26 Å². The monoisotopic (exact) mass is 371 g/mol. The summed E-state index contributed by atoms with van der Waals surface area (Å²) in [6.07, 6.45) is 1.70. The molecule has 2 aromatic rings. The van der Waals surface area contributed by atoms with Crippen molar-refractivity contribution < 1.29 is 13.2 Å². The van der Waals surface area contributed by atoms with Gasteiger partial charge in [0.1, 0.15) is 0 Å². The number of carbonyl (C=O) groups excluding carboxylic acids is 1. The average molecular weight is 371 g/mol. The van der Waals surface area contributed by atoms with Crippen LogP contribution in [0.1, 0.15) is 35.7 Å². The summed E-state index contributed by atoms with van der Waals surface area (Å²) in [5, 5.41) is 11.6. The first-order chi connectivity index (χ1) is 12.4. The van der Waals surface area contributed by atoms with E-state index >= 15 is 0 Å². The predicted molar refractivity (Wildman–Crippen MR) is 100 cm³/mol. The molecule has 0 bridgehead atoms. The van der Waals surface area contributed by atoms with E-state index in [1.54, 1.807) is 31.3 Å². The number of carbonyl (C=O) groups is 1. The lowest BCUT2D eigenvalue weighted by atomic mass is 10.2. The van der Waals surface area contributed by atoms with Gasteiger partial charge in [0.25, 0.3) is 5.91 Å². The Kier molecular flexibility index (Phi) is 6.50. The van der Waals surface area contributed by atoms with Crippen LogP contribution in [0.5, 0.6) is 0 Å². The minimum atomic E-state index is -3.56. The number of unbranched alkanes of at least 4 members (excludes halogenated alkanes) is 1. The van der Waals surface area contributed by atoms with E-state index in [1.807, 2.05) is 13.0 Å². The number of amides is 1. The number of nitriles is 1. The SMILES string of the molecule is CCCCN(C)S(=O)(=O)c1ccc(C(=O)Nc2cccc(C#N)c2)cc1. The Balaban J connectivity index is 2.13. The second kappa shape index (κ2) is 8.61. The van der Waals surface area contributed by atoms with Crippen molar-refractivity contribution in [1.82, 2.24) is 4.31 Å². The summed E-state index contributed by atoms with van der Waals surface area (Å²) in [4.78, 5) is 12.4. The minimum absolute atomic E-state index is 0.152. The Morgan fingerprint density at radius 2 is 1.88 bits per heavy atom. The first-order valence-electron chi connectivity index (χ1n) is 8.26. The van der Waals surface area contributed by atoms with E-state index < -0.39 is 10.0 Å². The molecule has 0 radical (unpaired) electrons. The van der Waals surface area contributed by atoms with Crippen LogP contribution in [-0.4, -0.2) is 32.2 Å². The van der Waals surface area contributed by atoms with Gasteiger partial charge in [-0.25, -0.2) is 12.7 Å².